The van der Waals surface area contributed by atoms with Gasteiger partial charge in [-0.25, -0.2) is 4.98 Å². The second-order valence-electron chi connectivity index (χ2n) is 9.29. The number of rotatable bonds is 11. The summed E-state index contributed by atoms with van der Waals surface area (Å²) in [5.41, 5.74) is 4.92. The smallest absolute Gasteiger partial charge is 0.119 e. The predicted octanol–water partition coefficient (Wildman–Crippen LogP) is 8.06. The number of nitrogens with zero attached hydrogens (tertiary/aromatic N) is 2. The van der Waals surface area contributed by atoms with Crippen molar-refractivity contribution in [2.75, 3.05) is 13.1 Å². The third-order valence-corrected chi connectivity index (χ3v) is 7.47. The minimum absolute atomic E-state index is 0.600. The second-order valence-corrected chi connectivity index (χ2v) is 10.2. The predicted molar refractivity (Wildman–Crippen MR) is 140 cm³/mol. The number of benzene rings is 2. The normalized spacial score (nSPS) is 14.6. The van der Waals surface area contributed by atoms with Gasteiger partial charge in [-0.15, -0.1) is 11.3 Å². The van der Waals surface area contributed by atoms with Gasteiger partial charge in [0.15, 0.2) is 0 Å². The van der Waals surface area contributed by atoms with Gasteiger partial charge in [-0.05, 0) is 80.1 Å². The molecule has 33 heavy (non-hydrogen) atoms. The Kier molecular flexibility index (Phi) is 8.96. The zero-order chi connectivity index (χ0) is 22.9. The van der Waals surface area contributed by atoms with Gasteiger partial charge in [0.25, 0.3) is 0 Å². The second kappa shape index (κ2) is 12.3. The average Bonchev–Trinajstić information content (AvgIpc) is 3.32. The van der Waals surface area contributed by atoms with E-state index in [9.17, 15) is 0 Å². The molecule has 0 N–H and O–H groups in total. The fourth-order valence-electron chi connectivity index (χ4n) is 4.77. The highest BCUT2D eigenvalue weighted by Gasteiger charge is 2.13. The first kappa shape index (κ1) is 24.0. The molecule has 0 aliphatic carbocycles. The van der Waals surface area contributed by atoms with Gasteiger partial charge < -0.3 is 4.74 Å². The van der Waals surface area contributed by atoms with Crippen molar-refractivity contribution in [1.82, 2.24) is 9.88 Å². The summed E-state index contributed by atoms with van der Waals surface area (Å²) in [6.07, 6.45) is 9.05. The number of thiazole rings is 1. The van der Waals surface area contributed by atoms with E-state index < -0.39 is 0 Å². The maximum absolute atomic E-state index is 6.06. The van der Waals surface area contributed by atoms with Gasteiger partial charge in [-0.3, -0.25) is 4.90 Å². The van der Waals surface area contributed by atoms with E-state index in [1.54, 1.807) is 11.3 Å². The molecule has 0 atom stereocenters. The van der Waals surface area contributed by atoms with E-state index in [-0.39, 0.29) is 0 Å². The summed E-state index contributed by atoms with van der Waals surface area (Å²) in [5.74, 6) is 1.59. The minimum Gasteiger partial charge on any atom is -0.489 e. The first-order valence-corrected chi connectivity index (χ1v) is 13.6. The first-order chi connectivity index (χ1) is 16.2. The Balaban J connectivity index is 1.30. The first-order valence-electron chi connectivity index (χ1n) is 12.7. The number of piperidine rings is 1. The van der Waals surface area contributed by atoms with Crippen LogP contribution < -0.4 is 4.74 Å². The lowest BCUT2D eigenvalue weighted by Crippen LogP contribution is -2.28. The van der Waals surface area contributed by atoms with Crippen molar-refractivity contribution in [3.63, 3.8) is 0 Å². The van der Waals surface area contributed by atoms with Crippen molar-refractivity contribution in [3.8, 4) is 17.0 Å². The molecule has 2 heterocycles. The lowest BCUT2D eigenvalue weighted by atomic mass is 9.90. The summed E-state index contributed by atoms with van der Waals surface area (Å²) in [7, 11) is 0. The highest BCUT2D eigenvalue weighted by molar-refractivity contribution is 7.09. The molecular formula is C29H38N2OS. The molecule has 1 fully saturated rings. The molecule has 1 aromatic heterocycles. The van der Waals surface area contributed by atoms with Crippen LogP contribution in [0.1, 0.15) is 80.8 Å². The largest absolute Gasteiger partial charge is 0.489 e. The van der Waals surface area contributed by atoms with Crippen molar-refractivity contribution in [3.05, 3.63) is 70.0 Å². The van der Waals surface area contributed by atoms with E-state index in [1.165, 1.54) is 74.2 Å². The highest BCUT2D eigenvalue weighted by Crippen LogP contribution is 2.28. The lowest BCUT2D eigenvalue weighted by molar-refractivity contribution is 0.220. The molecule has 4 rings (SSSR count). The fraction of sp³-hybridized carbons (Fsp3) is 0.483. The van der Waals surface area contributed by atoms with Gasteiger partial charge in [-0.1, -0.05) is 57.4 Å². The molecule has 0 amide bonds. The molecule has 3 aromatic rings. The molecule has 1 saturated heterocycles. The summed E-state index contributed by atoms with van der Waals surface area (Å²) in [6.45, 7) is 8.56. The average molecular weight is 463 g/mol. The molecule has 1 aliphatic rings. The third kappa shape index (κ3) is 6.91. The zero-order valence-electron chi connectivity index (χ0n) is 20.3. The Morgan fingerprint density at radius 3 is 2.27 bits per heavy atom. The molecule has 4 heteroatoms. The highest BCUT2D eigenvalue weighted by atomic mass is 32.1. The quantitative estimate of drug-likeness (QED) is 0.288. The molecule has 0 spiro atoms. The van der Waals surface area contributed by atoms with Crippen LogP contribution in [0.5, 0.6) is 5.75 Å². The fourth-order valence-corrected chi connectivity index (χ4v) is 5.62. The number of ether oxygens (including phenoxy) is 1. The van der Waals surface area contributed by atoms with Gasteiger partial charge in [0.05, 0.1) is 12.2 Å². The molecule has 0 bridgehead atoms. The Hall–Kier alpha value is -2.17. The number of hydrogen-bond donors (Lipinski definition) is 0. The van der Waals surface area contributed by atoms with Crippen molar-refractivity contribution >= 4 is 11.3 Å². The van der Waals surface area contributed by atoms with Crippen molar-refractivity contribution in [1.29, 1.82) is 0 Å². The van der Waals surface area contributed by atoms with Crippen LogP contribution in [0.15, 0.2) is 53.9 Å². The van der Waals surface area contributed by atoms with E-state index in [2.05, 4.69) is 72.7 Å². The van der Waals surface area contributed by atoms with Crippen molar-refractivity contribution in [2.45, 2.75) is 77.9 Å². The lowest BCUT2D eigenvalue weighted by Gasteiger charge is -2.25. The van der Waals surface area contributed by atoms with Gasteiger partial charge in [0.2, 0.25) is 0 Å². The van der Waals surface area contributed by atoms with Gasteiger partial charge >= 0.3 is 0 Å². The zero-order valence-corrected chi connectivity index (χ0v) is 21.1. The van der Waals surface area contributed by atoms with Gasteiger partial charge in [0.1, 0.15) is 17.4 Å². The van der Waals surface area contributed by atoms with Crippen LogP contribution in [0, 0.1) is 0 Å². The Bertz CT molecular complexity index is 952. The van der Waals surface area contributed by atoms with Crippen LogP contribution in [0.3, 0.4) is 0 Å². The van der Waals surface area contributed by atoms with E-state index >= 15 is 0 Å². The summed E-state index contributed by atoms with van der Waals surface area (Å²) < 4.78 is 6.06. The van der Waals surface area contributed by atoms with Crippen LogP contribution >= 0.6 is 11.3 Å². The third-order valence-electron chi connectivity index (χ3n) is 6.64. The Morgan fingerprint density at radius 2 is 1.61 bits per heavy atom. The van der Waals surface area contributed by atoms with Crippen molar-refractivity contribution in [2.24, 2.45) is 0 Å². The van der Waals surface area contributed by atoms with Crippen LogP contribution in [0.4, 0.5) is 0 Å². The molecule has 176 valence electrons. The summed E-state index contributed by atoms with van der Waals surface area (Å²) in [6, 6.07) is 17.4. The van der Waals surface area contributed by atoms with Crippen LogP contribution in [0.25, 0.3) is 11.3 Å². The molecule has 0 radical (unpaired) electrons. The van der Waals surface area contributed by atoms with E-state index in [0.717, 1.165) is 23.6 Å². The summed E-state index contributed by atoms with van der Waals surface area (Å²) in [4.78, 5) is 7.41. The molecule has 1 aliphatic heterocycles. The van der Waals surface area contributed by atoms with Crippen LogP contribution in [-0.2, 0) is 13.2 Å². The van der Waals surface area contributed by atoms with E-state index in [1.807, 2.05) is 0 Å². The van der Waals surface area contributed by atoms with Gasteiger partial charge in [-0.2, -0.15) is 0 Å². The molecule has 2 aromatic carbocycles. The summed E-state index contributed by atoms with van der Waals surface area (Å²) in [5, 5.41) is 3.40. The topological polar surface area (TPSA) is 25.4 Å². The van der Waals surface area contributed by atoms with E-state index in [4.69, 9.17) is 9.72 Å². The van der Waals surface area contributed by atoms with Crippen LogP contribution in [-0.4, -0.2) is 23.0 Å². The van der Waals surface area contributed by atoms with E-state index in [0.29, 0.717) is 12.5 Å². The number of aromatic nitrogens is 1. The minimum atomic E-state index is 0.600. The Labute approximate surface area is 203 Å². The number of likely N-dealkylation sites (tertiary alicyclic amines) is 1. The number of hydrogen-bond acceptors (Lipinski definition) is 4. The van der Waals surface area contributed by atoms with Crippen molar-refractivity contribution < 1.29 is 4.74 Å². The monoisotopic (exact) mass is 462 g/mol. The standard InChI is InChI=1S/C29H38N2OS/c1-3-8-24(9-4-2)25-12-10-23(11-13-25)21-32-27-16-14-26(15-17-27)28-22-33-29(30-28)20-31-18-6-5-7-19-31/h10-17,22,24H,3-9,18-21H2,1-2H3. The summed E-state index contributed by atoms with van der Waals surface area (Å²) >= 11 is 1.77. The molecule has 0 unspecified atom stereocenters. The Morgan fingerprint density at radius 1 is 0.909 bits per heavy atom. The molecular weight excluding hydrogens is 424 g/mol. The van der Waals surface area contributed by atoms with Crippen LogP contribution in [0.2, 0.25) is 0 Å². The maximum Gasteiger partial charge on any atom is 0.119 e. The maximum atomic E-state index is 6.06. The molecule has 3 nitrogen and oxygen atoms in total. The van der Waals surface area contributed by atoms with Gasteiger partial charge in [0, 0.05) is 10.9 Å². The SMILES string of the molecule is CCCC(CCC)c1ccc(COc2ccc(-c3csc(CN4CCCCC4)n3)cc2)cc1. The molecule has 0 saturated carbocycles.